The van der Waals surface area contributed by atoms with Crippen LogP contribution < -0.4 is 5.73 Å². The topological polar surface area (TPSA) is 64.9 Å². The number of aromatic nitrogens is 2. The lowest BCUT2D eigenvalue weighted by Gasteiger charge is -2.35. The molecule has 0 unspecified atom stereocenters. The molecule has 2 rings (SSSR count). The molecule has 4 heteroatoms. The van der Waals surface area contributed by atoms with E-state index in [-0.39, 0.29) is 6.01 Å². The third kappa shape index (κ3) is 2.36. The first-order chi connectivity index (χ1) is 7.47. The minimum absolute atomic E-state index is 0.188. The molecule has 1 fully saturated rings. The van der Waals surface area contributed by atoms with E-state index in [1.165, 1.54) is 12.8 Å². The van der Waals surface area contributed by atoms with E-state index < -0.39 is 0 Å². The Morgan fingerprint density at radius 3 is 2.19 bits per heavy atom. The Hall–Kier alpha value is -1.06. The quantitative estimate of drug-likeness (QED) is 0.795. The van der Waals surface area contributed by atoms with Crippen molar-refractivity contribution >= 4 is 6.01 Å². The van der Waals surface area contributed by atoms with Crippen LogP contribution in [0.25, 0.3) is 0 Å². The van der Waals surface area contributed by atoms with Crippen LogP contribution in [0.15, 0.2) is 4.42 Å². The van der Waals surface area contributed by atoms with E-state index in [2.05, 4.69) is 31.0 Å². The summed E-state index contributed by atoms with van der Waals surface area (Å²) in [5.74, 6) is 1.96. The first-order valence-corrected chi connectivity index (χ1v) is 6.05. The van der Waals surface area contributed by atoms with Gasteiger partial charge in [0.05, 0.1) is 0 Å². The molecule has 90 valence electrons. The summed E-state index contributed by atoms with van der Waals surface area (Å²) < 4.78 is 5.30. The van der Waals surface area contributed by atoms with Gasteiger partial charge in [-0.15, -0.1) is 5.10 Å². The average Bonchev–Trinajstić information content (AvgIpc) is 2.64. The predicted molar refractivity (Wildman–Crippen MR) is 62.9 cm³/mol. The van der Waals surface area contributed by atoms with Crippen LogP contribution in [0.4, 0.5) is 6.01 Å². The highest BCUT2D eigenvalue weighted by Gasteiger charge is 2.32. The molecule has 0 saturated heterocycles. The van der Waals surface area contributed by atoms with Gasteiger partial charge in [0.25, 0.3) is 0 Å². The molecule has 1 heterocycles. The van der Waals surface area contributed by atoms with Crippen LogP contribution in [0.2, 0.25) is 0 Å². The second-order valence-electron chi connectivity index (χ2n) is 5.89. The summed E-state index contributed by atoms with van der Waals surface area (Å²) in [6, 6.07) is 0.188. The Morgan fingerprint density at radius 2 is 1.75 bits per heavy atom. The van der Waals surface area contributed by atoms with Crippen molar-refractivity contribution in [3.63, 3.8) is 0 Å². The van der Waals surface area contributed by atoms with Crippen LogP contribution >= 0.6 is 0 Å². The van der Waals surface area contributed by atoms with Crippen LogP contribution in [0, 0.1) is 11.3 Å². The molecule has 1 aromatic rings. The lowest BCUT2D eigenvalue weighted by Crippen LogP contribution is -2.25. The largest absolute Gasteiger partial charge is 0.408 e. The van der Waals surface area contributed by atoms with Crippen molar-refractivity contribution in [2.75, 3.05) is 5.73 Å². The van der Waals surface area contributed by atoms with Crippen molar-refractivity contribution in [1.29, 1.82) is 0 Å². The minimum Gasteiger partial charge on any atom is -0.408 e. The van der Waals surface area contributed by atoms with Gasteiger partial charge in [0.1, 0.15) is 0 Å². The molecule has 1 aromatic heterocycles. The second kappa shape index (κ2) is 4.07. The smallest absolute Gasteiger partial charge is 0.312 e. The molecule has 2 N–H and O–H groups in total. The monoisotopic (exact) mass is 223 g/mol. The fraction of sp³-hybridized carbons (Fsp3) is 0.833. The molecule has 1 saturated carbocycles. The fourth-order valence-corrected chi connectivity index (χ4v) is 2.62. The van der Waals surface area contributed by atoms with Crippen LogP contribution in [0.5, 0.6) is 0 Å². The zero-order valence-corrected chi connectivity index (χ0v) is 10.4. The highest BCUT2D eigenvalue weighted by Crippen LogP contribution is 2.42. The molecule has 0 atom stereocenters. The first kappa shape index (κ1) is 11.4. The Labute approximate surface area is 96.6 Å². The Bertz CT molecular complexity index is 345. The van der Waals surface area contributed by atoms with E-state index in [4.69, 9.17) is 10.2 Å². The van der Waals surface area contributed by atoms with Crippen LogP contribution in [0.3, 0.4) is 0 Å². The van der Waals surface area contributed by atoms with E-state index in [1.807, 2.05) is 0 Å². The van der Waals surface area contributed by atoms with Crippen molar-refractivity contribution in [3.05, 3.63) is 5.89 Å². The van der Waals surface area contributed by atoms with Crippen molar-refractivity contribution < 1.29 is 4.42 Å². The van der Waals surface area contributed by atoms with E-state index in [9.17, 15) is 0 Å². The van der Waals surface area contributed by atoms with Gasteiger partial charge in [-0.3, -0.25) is 0 Å². The van der Waals surface area contributed by atoms with Gasteiger partial charge in [-0.1, -0.05) is 25.9 Å². The van der Waals surface area contributed by atoms with Gasteiger partial charge in [-0.2, -0.15) is 0 Å². The maximum absolute atomic E-state index is 5.44. The van der Waals surface area contributed by atoms with E-state index in [0.29, 0.717) is 11.3 Å². The summed E-state index contributed by atoms with van der Waals surface area (Å²) in [5.41, 5.74) is 5.86. The SMILES string of the molecule is CC(C)(C)C1CCC(c2nnc(N)o2)CC1. The molecule has 0 spiro atoms. The summed E-state index contributed by atoms with van der Waals surface area (Å²) in [6.45, 7) is 6.97. The minimum atomic E-state index is 0.188. The van der Waals surface area contributed by atoms with Gasteiger partial charge < -0.3 is 10.2 Å². The molecule has 0 bridgehead atoms. The summed E-state index contributed by atoms with van der Waals surface area (Å²) in [5, 5.41) is 7.71. The van der Waals surface area contributed by atoms with Crippen LogP contribution in [-0.2, 0) is 0 Å². The molecule has 1 aliphatic carbocycles. The third-order valence-corrected chi connectivity index (χ3v) is 3.76. The van der Waals surface area contributed by atoms with E-state index >= 15 is 0 Å². The molecular weight excluding hydrogens is 202 g/mol. The van der Waals surface area contributed by atoms with Crippen molar-refractivity contribution in [2.45, 2.75) is 52.4 Å². The Kier molecular flexibility index (Phi) is 2.91. The third-order valence-electron chi connectivity index (χ3n) is 3.76. The molecule has 0 amide bonds. The molecule has 4 nitrogen and oxygen atoms in total. The molecule has 0 aromatic carbocycles. The fourth-order valence-electron chi connectivity index (χ4n) is 2.62. The summed E-state index contributed by atoms with van der Waals surface area (Å²) in [4.78, 5) is 0. The van der Waals surface area contributed by atoms with Gasteiger partial charge in [-0.25, -0.2) is 0 Å². The Morgan fingerprint density at radius 1 is 1.12 bits per heavy atom. The summed E-state index contributed by atoms with van der Waals surface area (Å²) >= 11 is 0. The number of nitrogen functional groups attached to an aromatic ring is 1. The van der Waals surface area contributed by atoms with E-state index in [0.717, 1.165) is 24.7 Å². The number of rotatable bonds is 1. The van der Waals surface area contributed by atoms with Gasteiger partial charge >= 0.3 is 6.01 Å². The molecule has 0 radical (unpaired) electrons. The average molecular weight is 223 g/mol. The Balaban J connectivity index is 1.95. The standard InChI is InChI=1S/C12H21N3O/c1-12(2,3)9-6-4-8(5-7-9)10-14-15-11(13)16-10/h8-9H,4-7H2,1-3H3,(H2,13,15). The number of nitrogens with two attached hydrogens (primary N) is 1. The van der Waals surface area contributed by atoms with Gasteiger partial charge in [0, 0.05) is 5.92 Å². The van der Waals surface area contributed by atoms with Crippen molar-refractivity contribution in [1.82, 2.24) is 10.2 Å². The highest BCUT2D eigenvalue weighted by molar-refractivity contribution is 5.07. The van der Waals surface area contributed by atoms with Gasteiger partial charge in [0.2, 0.25) is 5.89 Å². The number of nitrogens with zero attached hydrogens (tertiary/aromatic N) is 2. The molecule has 0 aliphatic heterocycles. The summed E-state index contributed by atoms with van der Waals surface area (Å²) in [7, 11) is 0. The number of hydrogen-bond acceptors (Lipinski definition) is 4. The lowest BCUT2D eigenvalue weighted by atomic mass is 9.70. The normalized spacial score (nSPS) is 26.9. The zero-order chi connectivity index (χ0) is 11.8. The molecule has 1 aliphatic rings. The maximum atomic E-state index is 5.44. The van der Waals surface area contributed by atoms with E-state index in [1.54, 1.807) is 0 Å². The lowest BCUT2D eigenvalue weighted by molar-refractivity contribution is 0.162. The van der Waals surface area contributed by atoms with Gasteiger partial charge in [0.15, 0.2) is 0 Å². The first-order valence-electron chi connectivity index (χ1n) is 6.05. The predicted octanol–water partition coefficient (Wildman–Crippen LogP) is 2.97. The molecule has 16 heavy (non-hydrogen) atoms. The van der Waals surface area contributed by atoms with Crippen molar-refractivity contribution in [2.24, 2.45) is 11.3 Å². The maximum Gasteiger partial charge on any atom is 0.312 e. The van der Waals surface area contributed by atoms with Crippen molar-refractivity contribution in [3.8, 4) is 0 Å². The highest BCUT2D eigenvalue weighted by atomic mass is 16.4. The van der Waals surface area contributed by atoms with Crippen LogP contribution in [-0.4, -0.2) is 10.2 Å². The number of anilines is 1. The second-order valence-corrected chi connectivity index (χ2v) is 5.89. The zero-order valence-electron chi connectivity index (χ0n) is 10.4. The van der Waals surface area contributed by atoms with Gasteiger partial charge in [-0.05, 0) is 37.0 Å². The summed E-state index contributed by atoms with van der Waals surface area (Å²) in [6.07, 6.45) is 4.78. The molecular formula is C12H21N3O. The van der Waals surface area contributed by atoms with Crippen LogP contribution in [0.1, 0.15) is 58.3 Å². The number of hydrogen-bond donors (Lipinski definition) is 1.